The molecule has 3 aromatic rings. The molecule has 2 heterocycles. The molecule has 202 valence electrons. The highest BCUT2D eigenvalue weighted by molar-refractivity contribution is 6.29. The molecule has 0 saturated heterocycles. The Kier molecular flexibility index (Phi) is 11.5. The molecule has 0 spiro atoms. The lowest BCUT2D eigenvalue weighted by molar-refractivity contribution is -0.676. The number of halogens is 2. The molecule has 10 nitrogen and oxygen atoms in total. The number of benzene rings is 1. The predicted molar refractivity (Wildman–Crippen MR) is 148 cm³/mol. The number of aromatic nitrogens is 4. The quantitative estimate of drug-likeness (QED) is 0.296. The summed E-state index contributed by atoms with van der Waals surface area (Å²) in [7, 11) is 5.88. The number of hydrogen-bond acceptors (Lipinski definition) is 6. The number of nitrogens with two attached hydrogens (primary N) is 1. The lowest BCUT2D eigenvalue weighted by Crippen LogP contribution is -2.40. The van der Waals surface area contributed by atoms with Gasteiger partial charge in [-0.15, -0.1) is 11.6 Å². The van der Waals surface area contributed by atoms with Gasteiger partial charge in [0.25, 0.3) is 17.6 Å². The second kappa shape index (κ2) is 14.1. The second-order valence-electron chi connectivity index (χ2n) is 8.60. The summed E-state index contributed by atoms with van der Waals surface area (Å²) in [6, 6.07) is 5.77. The van der Waals surface area contributed by atoms with Crippen LogP contribution in [0.25, 0.3) is 11.0 Å². The molecular formula is C25H37Cl2N8O2+. The number of anilines is 1. The molecule has 0 unspecified atom stereocenters. The fourth-order valence-electron chi connectivity index (χ4n) is 4.15. The Balaban J connectivity index is 0.00000235. The van der Waals surface area contributed by atoms with E-state index in [-0.39, 0.29) is 29.1 Å². The molecule has 0 fully saturated rings. The average Bonchev–Trinajstić information content (AvgIpc) is 3.20. The van der Waals surface area contributed by atoms with Crippen molar-refractivity contribution in [3.05, 3.63) is 46.6 Å². The summed E-state index contributed by atoms with van der Waals surface area (Å²) in [6.45, 7) is 7.31. The zero-order chi connectivity index (χ0) is 27.7. The molecule has 37 heavy (non-hydrogen) atoms. The molecule has 0 bridgehead atoms. The van der Waals surface area contributed by atoms with Gasteiger partial charge in [0.05, 0.1) is 19.3 Å². The molecule has 3 rings (SSSR count). The summed E-state index contributed by atoms with van der Waals surface area (Å²) in [5, 5.41) is 2.98. The smallest absolute Gasteiger partial charge is 0.277 e. The van der Waals surface area contributed by atoms with E-state index in [0.717, 1.165) is 29.8 Å². The van der Waals surface area contributed by atoms with Crippen molar-refractivity contribution in [2.24, 2.45) is 0 Å². The molecule has 2 aromatic heterocycles. The lowest BCUT2D eigenvalue weighted by atomic mass is 10.1. The molecule has 0 aliphatic heterocycles. The van der Waals surface area contributed by atoms with E-state index in [2.05, 4.69) is 40.9 Å². The van der Waals surface area contributed by atoms with Gasteiger partial charge in [-0.2, -0.15) is 0 Å². The van der Waals surface area contributed by atoms with Gasteiger partial charge in [-0.05, 0) is 53.0 Å². The highest BCUT2D eigenvalue weighted by Crippen LogP contribution is 2.19. The number of nitrogens with one attached hydrogen (secondary N) is 1. The number of nitrogens with zero attached hydrogens (tertiary/aromatic N) is 6. The van der Waals surface area contributed by atoms with Crippen LogP contribution in [-0.4, -0.2) is 76.8 Å². The van der Waals surface area contributed by atoms with E-state index >= 15 is 0 Å². The molecule has 0 atom stereocenters. The Bertz CT molecular complexity index is 1230. The Morgan fingerprint density at radius 3 is 2.49 bits per heavy atom. The maximum atomic E-state index is 13.1. The molecule has 0 aliphatic carbocycles. The SMILES string of the molecule is CCl.CCn1c(CNC(=O)c2nc(Cl)cnc2N)[n+](CC)c2ccc(C(=O)N(C)CCCN(C)C)cc21. The molecule has 1 aromatic carbocycles. The number of hydrogen-bond donors (Lipinski definition) is 2. The normalized spacial score (nSPS) is 10.8. The zero-order valence-electron chi connectivity index (χ0n) is 22.4. The Labute approximate surface area is 228 Å². The topological polar surface area (TPSA) is 113 Å². The first-order valence-electron chi connectivity index (χ1n) is 12.1. The first kappa shape index (κ1) is 30.3. The summed E-state index contributed by atoms with van der Waals surface area (Å²) in [5.41, 5.74) is 8.36. The molecule has 0 saturated carbocycles. The zero-order valence-corrected chi connectivity index (χ0v) is 23.9. The number of imidazole rings is 1. The molecule has 12 heteroatoms. The van der Waals surface area contributed by atoms with Gasteiger partial charge in [-0.1, -0.05) is 11.6 Å². The van der Waals surface area contributed by atoms with Crippen molar-refractivity contribution in [3.8, 4) is 0 Å². The van der Waals surface area contributed by atoms with E-state index in [1.807, 2.05) is 53.2 Å². The van der Waals surface area contributed by atoms with Crippen LogP contribution in [0.3, 0.4) is 0 Å². The van der Waals surface area contributed by atoms with Gasteiger partial charge >= 0.3 is 0 Å². The average molecular weight is 553 g/mol. The number of fused-ring (bicyclic) bond motifs is 1. The van der Waals surface area contributed by atoms with Gasteiger partial charge in [0, 0.05) is 31.6 Å². The summed E-state index contributed by atoms with van der Waals surface area (Å²) in [5.74, 6) is 0.450. The Morgan fingerprint density at radius 1 is 1.16 bits per heavy atom. The first-order valence-corrected chi connectivity index (χ1v) is 13.2. The number of nitrogen functional groups attached to an aromatic ring is 1. The van der Waals surface area contributed by atoms with E-state index in [1.54, 1.807) is 4.90 Å². The van der Waals surface area contributed by atoms with Gasteiger partial charge in [0.2, 0.25) is 0 Å². The Morgan fingerprint density at radius 2 is 1.86 bits per heavy atom. The maximum Gasteiger partial charge on any atom is 0.277 e. The van der Waals surface area contributed by atoms with Crippen molar-refractivity contribution in [2.75, 3.05) is 46.3 Å². The van der Waals surface area contributed by atoms with Gasteiger partial charge in [0.1, 0.15) is 11.7 Å². The first-order chi connectivity index (χ1) is 17.7. The molecule has 0 radical (unpaired) electrons. The van der Waals surface area contributed by atoms with E-state index in [1.165, 1.54) is 12.6 Å². The number of carbonyl (C=O) groups excluding carboxylic acids is 2. The highest BCUT2D eigenvalue weighted by Gasteiger charge is 2.26. The van der Waals surface area contributed by atoms with Crippen molar-refractivity contribution in [1.82, 2.24) is 29.7 Å². The van der Waals surface area contributed by atoms with E-state index in [4.69, 9.17) is 17.3 Å². The summed E-state index contributed by atoms with van der Waals surface area (Å²) in [4.78, 5) is 37.6. The van der Waals surface area contributed by atoms with Crippen LogP contribution >= 0.6 is 23.2 Å². The van der Waals surface area contributed by atoms with Crippen LogP contribution in [0.2, 0.25) is 5.15 Å². The third kappa shape index (κ3) is 7.30. The van der Waals surface area contributed by atoms with Gasteiger partial charge in [0.15, 0.2) is 22.5 Å². The van der Waals surface area contributed by atoms with Crippen molar-refractivity contribution >= 4 is 51.9 Å². The van der Waals surface area contributed by atoms with E-state index in [0.29, 0.717) is 25.2 Å². The number of amides is 2. The number of alkyl halides is 1. The summed E-state index contributed by atoms with van der Waals surface area (Å²) >= 11 is 10.5. The number of rotatable bonds is 10. The minimum atomic E-state index is -0.455. The molecule has 0 aliphatic rings. The molecule has 3 N–H and O–H groups in total. The van der Waals surface area contributed by atoms with E-state index < -0.39 is 5.91 Å². The fraction of sp³-hybridized carbons (Fsp3) is 0.480. The minimum Gasteiger partial charge on any atom is -0.382 e. The summed E-state index contributed by atoms with van der Waals surface area (Å²) in [6.07, 6.45) is 3.68. The van der Waals surface area contributed by atoms with Crippen LogP contribution < -0.4 is 15.6 Å². The van der Waals surface area contributed by atoms with Crippen LogP contribution in [-0.2, 0) is 19.6 Å². The highest BCUT2D eigenvalue weighted by atomic mass is 35.5. The van der Waals surface area contributed by atoms with Gasteiger partial charge in [-0.25, -0.2) is 19.1 Å². The van der Waals surface area contributed by atoms with Crippen LogP contribution in [0.4, 0.5) is 5.82 Å². The third-order valence-corrected chi connectivity index (χ3v) is 6.08. The lowest BCUT2D eigenvalue weighted by Gasteiger charge is -2.18. The van der Waals surface area contributed by atoms with E-state index in [9.17, 15) is 9.59 Å². The van der Waals surface area contributed by atoms with Crippen LogP contribution in [0.1, 0.15) is 46.9 Å². The number of carbonyl (C=O) groups is 2. The second-order valence-corrected chi connectivity index (χ2v) is 8.99. The van der Waals surface area contributed by atoms with Gasteiger partial charge < -0.3 is 20.9 Å². The largest absolute Gasteiger partial charge is 0.382 e. The fourth-order valence-corrected chi connectivity index (χ4v) is 4.29. The van der Waals surface area contributed by atoms with Crippen LogP contribution in [0.5, 0.6) is 0 Å². The summed E-state index contributed by atoms with van der Waals surface area (Å²) < 4.78 is 4.23. The third-order valence-electron chi connectivity index (χ3n) is 5.90. The standard InChI is InChI=1S/C24H33ClN8O2.CH3Cl/c1-6-32-17-10-9-16(24(35)31(5)12-8-11-30(3)4)13-18(17)33(7-2)20(32)15-28-23(34)21-22(26)27-14-19(25)29-21;1-2/h9-10,13-14H,6-8,11-12,15H2,1-5H3,(H2-,26,27,28,34);1H3/p+1. The van der Waals surface area contributed by atoms with Crippen LogP contribution in [0.15, 0.2) is 24.4 Å². The van der Waals surface area contributed by atoms with Crippen molar-refractivity contribution in [1.29, 1.82) is 0 Å². The van der Waals surface area contributed by atoms with Crippen molar-refractivity contribution < 1.29 is 14.2 Å². The van der Waals surface area contributed by atoms with Crippen molar-refractivity contribution in [3.63, 3.8) is 0 Å². The van der Waals surface area contributed by atoms with Gasteiger partial charge in [-0.3, -0.25) is 9.59 Å². The number of aryl methyl sites for hydroxylation is 2. The molecular weight excluding hydrogens is 515 g/mol. The predicted octanol–water partition coefficient (Wildman–Crippen LogP) is 2.80. The monoisotopic (exact) mass is 551 g/mol. The van der Waals surface area contributed by atoms with Crippen molar-refractivity contribution in [2.45, 2.75) is 39.9 Å². The maximum absolute atomic E-state index is 13.1. The minimum absolute atomic E-state index is 0.00936. The molecule has 2 amide bonds. The Hall–Kier alpha value is -2.95. The van der Waals surface area contributed by atoms with Crippen LogP contribution in [0, 0.1) is 0 Å².